The molecular weight excluding hydrogens is 226 g/mol. The van der Waals surface area contributed by atoms with E-state index in [0.717, 1.165) is 35.5 Å². The van der Waals surface area contributed by atoms with Gasteiger partial charge in [0.2, 0.25) is 0 Å². The third kappa shape index (κ3) is 2.27. The van der Waals surface area contributed by atoms with Crippen LogP contribution >= 0.6 is 0 Å². The van der Waals surface area contributed by atoms with Gasteiger partial charge in [0.1, 0.15) is 11.5 Å². The topological polar surface area (TPSA) is 48.4 Å². The summed E-state index contributed by atoms with van der Waals surface area (Å²) >= 11 is 0. The van der Waals surface area contributed by atoms with Crippen LogP contribution in [0, 0.1) is 6.92 Å². The molecule has 1 fully saturated rings. The smallest absolute Gasteiger partial charge is 0.127 e. The fourth-order valence-electron chi connectivity index (χ4n) is 2.01. The first kappa shape index (κ1) is 11.4. The molecule has 0 radical (unpaired) electrons. The summed E-state index contributed by atoms with van der Waals surface area (Å²) in [5.41, 5.74) is 8.33. The van der Waals surface area contributed by atoms with Crippen LogP contribution in [0.5, 0.6) is 5.75 Å². The maximum atomic E-state index is 6.23. The van der Waals surface area contributed by atoms with Gasteiger partial charge in [0.15, 0.2) is 0 Å². The first-order valence-electron chi connectivity index (χ1n) is 6.30. The van der Waals surface area contributed by atoms with Gasteiger partial charge in [-0.2, -0.15) is 0 Å². The molecule has 1 aromatic carbocycles. The van der Waals surface area contributed by atoms with E-state index in [1.165, 1.54) is 0 Å². The predicted octanol–water partition coefficient (Wildman–Crippen LogP) is 3.18. The largest absolute Gasteiger partial charge is 0.490 e. The third-order valence-electron chi connectivity index (χ3n) is 3.23. The molecule has 18 heavy (non-hydrogen) atoms. The molecule has 3 heteroatoms. The number of ether oxygens (including phenoxy) is 1. The third-order valence-corrected chi connectivity index (χ3v) is 3.23. The summed E-state index contributed by atoms with van der Waals surface area (Å²) in [7, 11) is 0. The van der Waals surface area contributed by atoms with Crippen molar-refractivity contribution in [1.29, 1.82) is 0 Å². The van der Waals surface area contributed by atoms with Crippen LogP contribution in [-0.2, 0) is 0 Å². The molecule has 3 rings (SSSR count). The molecule has 1 aliphatic carbocycles. The molecule has 1 atom stereocenters. The highest BCUT2D eigenvalue weighted by atomic mass is 16.5. The average molecular weight is 243 g/mol. The highest BCUT2D eigenvalue weighted by molar-refractivity contribution is 5.35. The van der Waals surface area contributed by atoms with Crippen LogP contribution in [0.15, 0.2) is 41.0 Å². The Morgan fingerprint density at radius 2 is 2.17 bits per heavy atom. The highest BCUT2D eigenvalue weighted by Crippen LogP contribution is 2.30. The molecule has 1 heterocycles. The van der Waals surface area contributed by atoms with Crippen LogP contribution in [-0.4, -0.2) is 6.10 Å². The van der Waals surface area contributed by atoms with Gasteiger partial charge in [0, 0.05) is 0 Å². The van der Waals surface area contributed by atoms with Gasteiger partial charge in [-0.05, 0) is 49.1 Å². The number of benzene rings is 1. The molecule has 3 nitrogen and oxygen atoms in total. The molecule has 2 aromatic rings. The van der Waals surface area contributed by atoms with E-state index >= 15 is 0 Å². The summed E-state index contributed by atoms with van der Waals surface area (Å²) in [6.07, 6.45) is 4.40. The number of furan rings is 1. The summed E-state index contributed by atoms with van der Waals surface area (Å²) in [4.78, 5) is 0. The standard InChI is InChI=1S/C15H17NO2/c1-10-7-8-17-15(10)14(16)11-3-2-4-13(9-11)18-12-5-6-12/h2-4,7-9,12,14H,5-6,16H2,1H3. The van der Waals surface area contributed by atoms with Gasteiger partial charge in [-0.25, -0.2) is 0 Å². The van der Waals surface area contributed by atoms with E-state index in [1.807, 2.05) is 37.3 Å². The second-order valence-corrected chi connectivity index (χ2v) is 4.84. The second-order valence-electron chi connectivity index (χ2n) is 4.84. The molecule has 1 saturated carbocycles. The summed E-state index contributed by atoms with van der Waals surface area (Å²) in [6, 6.07) is 9.66. The van der Waals surface area contributed by atoms with Crippen LogP contribution in [0.1, 0.15) is 35.8 Å². The molecule has 0 amide bonds. The fourth-order valence-corrected chi connectivity index (χ4v) is 2.01. The van der Waals surface area contributed by atoms with Crippen LogP contribution < -0.4 is 10.5 Å². The van der Waals surface area contributed by atoms with Crippen molar-refractivity contribution in [2.75, 3.05) is 0 Å². The molecule has 0 bridgehead atoms. The van der Waals surface area contributed by atoms with Gasteiger partial charge < -0.3 is 14.9 Å². The Morgan fingerprint density at radius 3 is 2.83 bits per heavy atom. The van der Waals surface area contributed by atoms with Crippen molar-refractivity contribution in [1.82, 2.24) is 0 Å². The number of hydrogen-bond donors (Lipinski definition) is 1. The minimum absolute atomic E-state index is 0.234. The van der Waals surface area contributed by atoms with Crippen molar-refractivity contribution in [3.8, 4) is 5.75 Å². The minimum atomic E-state index is -0.234. The van der Waals surface area contributed by atoms with Gasteiger partial charge in [-0.3, -0.25) is 0 Å². The van der Waals surface area contributed by atoms with Crippen molar-refractivity contribution in [3.63, 3.8) is 0 Å². The van der Waals surface area contributed by atoms with Crippen molar-refractivity contribution < 1.29 is 9.15 Å². The zero-order chi connectivity index (χ0) is 12.5. The molecule has 2 N–H and O–H groups in total. The lowest BCUT2D eigenvalue weighted by molar-refractivity contribution is 0.302. The molecule has 1 unspecified atom stereocenters. The van der Waals surface area contributed by atoms with Crippen LogP contribution in [0.2, 0.25) is 0 Å². The van der Waals surface area contributed by atoms with E-state index in [9.17, 15) is 0 Å². The minimum Gasteiger partial charge on any atom is -0.490 e. The molecule has 94 valence electrons. The Bertz CT molecular complexity index is 543. The van der Waals surface area contributed by atoms with Crippen LogP contribution in [0.3, 0.4) is 0 Å². The van der Waals surface area contributed by atoms with Gasteiger partial charge in [0.05, 0.1) is 18.4 Å². The molecule has 0 saturated heterocycles. The lowest BCUT2D eigenvalue weighted by Crippen LogP contribution is -2.12. The predicted molar refractivity (Wildman–Crippen MR) is 69.6 cm³/mol. The van der Waals surface area contributed by atoms with Crippen molar-refractivity contribution in [2.45, 2.75) is 31.9 Å². The summed E-state index contributed by atoms with van der Waals surface area (Å²) < 4.78 is 11.2. The van der Waals surface area contributed by atoms with E-state index in [-0.39, 0.29) is 6.04 Å². The number of hydrogen-bond acceptors (Lipinski definition) is 3. The Kier molecular flexibility index (Phi) is 2.84. The molecule has 1 aromatic heterocycles. The maximum absolute atomic E-state index is 6.23. The van der Waals surface area contributed by atoms with E-state index in [4.69, 9.17) is 14.9 Å². The van der Waals surface area contributed by atoms with E-state index in [2.05, 4.69) is 0 Å². The molecule has 1 aliphatic rings. The second kappa shape index (κ2) is 4.50. The molecular formula is C15H17NO2. The van der Waals surface area contributed by atoms with Crippen molar-refractivity contribution >= 4 is 0 Å². The molecule has 0 aliphatic heterocycles. The first-order valence-corrected chi connectivity index (χ1v) is 6.30. The molecule has 0 spiro atoms. The summed E-state index contributed by atoms with van der Waals surface area (Å²) in [5, 5.41) is 0. The van der Waals surface area contributed by atoms with Gasteiger partial charge >= 0.3 is 0 Å². The summed E-state index contributed by atoms with van der Waals surface area (Å²) in [6.45, 7) is 2.00. The average Bonchev–Trinajstić information content (AvgIpc) is 3.08. The van der Waals surface area contributed by atoms with E-state index < -0.39 is 0 Å². The number of rotatable bonds is 4. The Labute approximate surface area is 107 Å². The lowest BCUT2D eigenvalue weighted by Gasteiger charge is -2.12. The van der Waals surface area contributed by atoms with Crippen molar-refractivity contribution in [3.05, 3.63) is 53.5 Å². The van der Waals surface area contributed by atoms with Crippen LogP contribution in [0.4, 0.5) is 0 Å². The fraction of sp³-hybridized carbons (Fsp3) is 0.333. The van der Waals surface area contributed by atoms with Gasteiger partial charge in [-0.15, -0.1) is 0 Å². The highest BCUT2D eigenvalue weighted by Gasteiger charge is 2.24. The SMILES string of the molecule is Cc1ccoc1C(N)c1cccc(OC2CC2)c1. The van der Waals surface area contributed by atoms with Gasteiger partial charge in [-0.1, -0.05) is 12.1 Å². The normalized spacial score (nSPS) is 16.6. The zero-order valence-electron chi connectivity index (χ0n) is 10.4. The Balaban J connectivity index is 1.84. The van der Waals surface area contributed by atoms with Crippen molar-refractivity contribution in [2.24, 2.45) is 5.73 Å². The number of aryl methyl sites for hydroxylation is 1. The van der Waals surface area contributed by atoms with E-state index in [1.54, 1.807) is 6.26 Å². The quantitative estimate of drug-likeness (QED) is 0.897. The first-order chi connectivity index (χ1) is 8.74. The zero-order valence-corrected chi connectivity index (χ0v) is 10.4. The maximum Gasteiger partial charge on any atom is 0.127 e. The monoisotopic (exact) mass is 243 g/mol. The summed E-state index contributed by atoms with van der Waals surface area (Å²) in [5.74, 6) is 1.72. The van der Waals surface area contributed by atoms with E-state index in [0.29, 0.717) is 6.10 Å². The Hall–Kier alpha value is -1.74. The Morgan fingerprint density at radius 1 is 1.33 bits per heavy atom. The van der Waals surface area contributed by atoms with Gasteiger partial charge in [0.25, 0.3) is 0 Å². The lowest BCUT2D eigenvalue weighted by atomic mass is 10.0. The number of nitrogens with two attached hydrogens (primary N) is 1. The van der Waals surface area contributed by atoms with Crippen LogP contribution in [0.25, 0.3) is 0 Å².